The molecule has 0 amide bonds. The number of tetrazole rings is 1. The van der Waals surface area contributed by atoms with Crippen LogP contribution in [0.1, 0.15) is 11.1 Å². The second kappa shape index (κ2) is 7.98. The van der Waals surface area contributed by atoms with E-state index in [2.05, 4.69) is 20.2 Å². The normalized spacial score (nSPS) is 11.6. The van der Waals surface area contributed by atoms with Crippen LogP contribution in [0.25, 0.3) is 5.69 Å². The molecule has 0 aliphatic carbocycles. The molecule has 0 aliphatic rings. The van der Waals surface area contributed by atoms with Gasteiger partial charge in [-0.2, -0.15) is 4.68 Å². The number of rotatable bonds is 7. The first-order valence-electron chi connectivity index (χ1n) is 8.01. The molecule has 0 saturated carbocycles. The molecule has 1 aromatic heterocycles. The van der Waals surface area contributed by atoms with Gasteiger partial charge < -0.3 is 0 Å². The number of hydrogen-bond acceptors (Lipinski definition) is 6. The molecule has 0 atom stereocenters. The Morgan fingerprint density at radius 2 is 1.73 bits per heavy atom. The summed E-state index contributed by atoms with van der Waals surface area (Å²) >= 11 is 1.40. The lowest BCUT2D eigenvalue weighted by Gasteiger charge is -2.10. The predicted molar refractivity (Wildman–Crippen MR) is 101 cm³/mol. The summed E-state index contributed by atoms with van der Waals surface area (Å²) in [7, 11) is -3.50. The second-order valence-corrected chi connectivity index (χ2v) is 8.50. The van der Waals surface area contributed by atoms with Crippen LogP contribution in [0, 0.1) is 13.8 Å². The van der Waals surface area contributed by atoms with Crippen molar-refractivity contribution in [1.82, 2.24) is 24.9 Å². The summed E-state index contributed by atoms with van der Waals surface area (Å²) in [6.07, 6.45) is 0. The fraction of sp³-hybridized carbons (Fsp3) is 0.235. The Hall–Kier alpha value is -2.23. The molecule has 0 saturated heterocycles. The zero-order chi connectivity index (χ0) is 18.6. The maximum Gasteiger partial charge on any atom is 0.240 e. The molecule has 0 radical (unpaired) electrons. The Balaban J connectivity index is 1.65. The van der Waals surface area contributed by atoms with E-state index >= 15 is 0 Å². The highest BCUT2D eigenvalue weighted by atomic mass is 32.2. The van der Waals surface area contributed by atoms with Crippen molar-refractivity contribution >= 4 is 21.8 Å². The zero-order valence-electron chi connectivity index (χ0n) is 14.5. The van der Waals surface area contributed by atoms with E-state index in [0.29, 0.717) is 10.9 Å². The van der Waals surface area contributed by atoms with Crippen molar-refractivity contribution in [2.45, 2.75) is 23.9 Å². The number of para-hydroxylation sites is 1. The second-order valence-electron chi connectivity index (χ2n) is 5.67. The van der Waals surface area contributed by atoms with Crippen molar-refractivity contribution in [3.8, 4) is 5.69 Å². The number of nitrogens with zero attached hydrogens (tertiary/aromatic N) is 4. The van der Waals surface area contributed by atoms with Gasteiger partial charge >= 0.3 is 0 Å². The SMILES string of the molecule is Cc1cccc(C)c1-n1nnnc1SCCNS(=O)(=O)c1ccccc1. The lowest BCUT2D eigenvalue weighted by molar-refractivity contribution is 0.584. The van der Waals surface area contributed by atoms with Crippen LogP contribution in [0.5, 0.6) is 0 Å². The predicted octanol–water partition coefficient (Wildman–Crippen LogP) is 2.35. The standard InChI is InChI=1S/C17H19N5O2S2/c1-13-7-6-8-14(2)16(13)22-17(19-20-21-22)25-12-11-18-26(23,24)15-9-4-3-5-10-15/h3-10,18H,11-12H2,1-2H3. The molecule has 3 rings (SSSR count). The van der Waals surface area contributed by atoms with Crippen molar-refractivity contribution < 1.29 is 8.42 Å². The van der Waals surface area contributed by atoms with Crippen molar-refractivity contribution in [3.63, 3.8) is 0 Å². The van der Waals surface area contributed by atoms with Gasteiger partial charge in [0.05, 0.1) is 10.6 Å². The molecule has 2 aromatic carbocycles. The summed E-state index contributed by atoms with van der Waals surface area (Å²) < 4.78 is 28.7. The van der Waals surface area contributed by atoms with Crippen LogP contribution >= 0.6 is 11.8 Å². The molecule has 26 heavy (non-hydrogen) atoms. The lowest BCUT2D eigenvalue weighted by atomic mass is 10.1. The number of hydrogen-bond donors (Lipinski definition) is 1. The van der Waals surface area contributed by atoms with E-state index in [0.717, 1.165) is 16.8 Å². The van der Waals surface area contributed by atoms with E-state index in [-0.39, 0.29) is 11.4 Å². The molecule has 136 valence electrons. The Labute approximate surface area is 156 Å². The number of nitrogens with one attached hydrogen (secondary N) is 1. The zero-order valence-corrected chi connectivity index (χ0v) is 16.1. The van der Waals surface area contributed by atoms with E-state index in [9.17, 15) is 8.42 Å². The lowest BCUT2D eigenvalue weighted by Crippen LogP contribution is -2.26. The average molecular weight is 390 g/mol. The smallest absolute Gasteiger partial charge is 0.210 e. The summed E-state index contributed by atoms with van der Waals surface area (Å²) in [5.74, 6) is 0.511. The molecule has 7 nitrogen and oxygen atoms in total. The molecule has 0 aliphatic heterocycles. The molecule has 0 bridgehead atoms. The first-order valence-corrected chi connectivity index (χ1v) is 10.5. The fourth-order valence-corrected chi connectivity index (χ4v) is 4.46. The monoisotopic (exact) mass is 389 g/mol. The minimum Gasteiger partial charge on any atom is -0.210 e. The largest absolute Gasteiger partial charge is 0.240 e. The van der Waals surface area contributed by atoms with Gasteiger partial charge in [0.25, 0.3) is 0 Å². The molecule has 9 heteroatoms. The topological polar surface area (TPSA) is 89.8 Å². The number of aryl methyl sites for hydroxylation is 2. The Kier molecular flexibility index (Phi) is 5.70. The van der Waals surface area contributed by atoms with E-state index in [1.54, 1.807) is 35.0 Å². The van der Waals surface area contributed by atoms with Gasteiger partial charge in [0.1, 0.15) is 0 Å². The van der Waals surface area contributed by atoms with E-state index in [1.165, 1.54) is 11.8 Å². The van der Waals surface area contributed by atoms with Crippen molar-refractivity contribution in [3.05, 3.63) is 59.7 Å². The van der Waals surface area contributed by atoms with Gasteiger partial charge in [0.2, 0.25) is 15.2 Å². The molecule has 0 unspecified atom stereocenters. The maximum atomic E-state index is 12.2. The van der Waals surface area contributed by atoms with Gasteiger partial charge in [-0.25, -0.2) is 13.1 Å². The quantitative estimate of drug-likeness (QED) is 0.493. The van der Waals surface area contributed by atoms with E-state index < -0.39 is 10.0 Å². The van der Waals surface area contributed by atoms with Crippen molar-refractivity contribution in [2.24, 2.45) is 0 Å². The number of sulfonamides is 1. The van der Waals surface area contributed by atoms with Crippen LogP contribution in [0.4, 0.5) is 0 Å². The third kappa shape index (κ3) is 4.12. The minimum atomic E-state index is -3.50. The summed E-state index contributed by atoms with van der Waals surface area (Å²) in [4.78, 5) is 0.255. The summed E-state index contributed by atoms with van der Waals surface area (Å²) in [6, 6.07) is 14.3. The van der Waals surface area contributed by atoms with Crippen LogP contribution in [0.2, 0.25) is 0 Å². The Bertz CT molecular complexity index is 967. The van der Waals surface area contributed by atoms with Gasteiger partial charge in [0, 0.05) is 12.3 Å². The first-order chi connectivity index (χ1) is 12.5. The fourth-order valence-electron chi connectivity index (χ4n) is 2.55. The molecule has 1 heterocycles. The molecular formula is C17H19N5O2S2. The van der Waals surface area contributed by atoms with E-state index in [1.807, 2.05) is 32.0 Å². The molecule has 3 aromatic rings. The van der Waals surface area contributed by atoms with Crippen LogP contribution in [-0.2, 0) is 10.0 Å². The van der Waals surface area contributed by atoms with E-state index in [4.69, 9.17) is 0 Å². The van der Waals surface area contributed by atoms with Gasteiger partial charge in [0.15, 0.2) is 0 Å². The first kappa shape index (κ1) is 18.6. The molecular weight excluding hydrogens is 370 g/mol. The Morgan fingerprint density at radius 3 is 2.42 bits per heavy atom. The van der Waals surface area contributed by atoms with Crippen LogP contribution in [0.3, 0.4) is 0 Å². The van der Waals surface area contributed by atoms with Crippen LogP contribution in [-0.4, -0.2) is 40.9 Å². The molecule has 0 spiro atoms. The van der Waals surface area contributed by atoms with Crippen molar-refractivity contribution in [1.29, 1.82) is 0 Å². The van der Waals surface area contributed by atoms with Gasteiger partial charge in [-0.3, -0.25) is 0 Å². The number of aromatic nitrogens is 4. The van der Waals surface area contributed by atoms with Gasteiger partial charge in [-0.1, -0.05) is 48.2 Å². The molecule has 1 N–H and O–H groups in total. The highest BCUT2D eigenvalue weighted by Gasteiger charge is 2.15. The number of thioether (sulfide) groups is 1. The van der Waals surface area contributed by atoms with Gasteiger partial charge in [-0.15, -0.1) is 5.10 Å². The van der Waals surface area contributed by atoms with Crippen LogP contribution in [0.15, 0.2) is 58.6 Å². The number of benzene rings is 2. The minimum absolute atomic E-state index is 0.255. The summed E-state index contributed by atoms with van der Waals surface area (Å²) in [5.41, 5.74) is 3.10. The van der Waals surface area contributed by atoms with Crippen molar-refractivity contribution in [2.75, 3.05) is 12.3 Å². The third-order valence-corrected chi connectivity index (χ3v) is 6.17. The third-order valence-electron chi connectivity index (χ3n) is 3.77. The summed E-state index contributed by atoms with van der Waals surface area (Å²) in [6.45, 7) is 4.29. The van der Waals surface area contributed by atoms with Gasteiger partial charge in [-0.05, 0) is 47.5 Å². The van der Waals surface area contributed by atoms with Crippen LogP contribution < -0.4 is 4.72 Å². The Morgan fingerprint density at radius 1 is 1.04 bits per heavy atom. The highest BCUT2D eigenvalue weighted by molar-refractivity contribution is 7.99. The maximum absolute atomic E-state index is 12.2. The summed E-state index contributed by atoms with van der Waals surface area (Å²) in [5, 5.41) is 12.5. The molecule has 0 fully saturated rings. The highest BCUT2D eigenvalue weighted by Crippen LogP contribution is 2.23. The average Bonchev–Trinajstić information content (AvgIpc) is 3.07.